The van der Waals surface area contributed by atoms with Crippen molar-refractivity contribution in [2.24, 2.45) is 9.98 Å². The lowest BCUT2D eigenvalue weighted by Crippen LogP contribution is -2.19. The van der Waals surface area contributed by atoms with Crippen LogP contribution in [0.3, 0.4) is 0 Å². The van der Waals surface area contributed by atoms with Gasteiger partial charge >= 0.3 is 0 Å². The van der Waals surface area contributed by atoms with Gasteiger partial charge in [-0.2, -0.15) is 0 Å². The lowest BCUT2D eigenvalue weighted by atomic mass is 9.96. The first-order valence-electron chi connectivity index (χ1n) is 16.7. The number of rotatable bonds is 4. The highest BCUT2D eigenvalue weighted by atomic mass is 16.3. The molecule has 0 amide bonds. The molecule has 8 heteroatoms. The normalized spacial score (nSPS) is 15.1. The number of phenols is 4. The maximum atomic E-state index is 10.6. The van der Waals surface area contributed by atoms with E-state index >= 15 is 0 Å². The van der Waals surface area contributed by atoms with Crippen LogP contribution in [0.5, 0.6) is 23.0 Å². The van der Waals surface area contributed by atoms with Crippen molar-refractivity contribution >= 4 is 33.7 Å². The van der Waals surface area contributed by atoms with Crippen LogP contribution in [0.1, 0.15) is 33.5 Å². The maximum absolute atomic E-state index is 10.6. The average molecular weight is 679 g/mol. The molecule has 3 aliphatic heterocycles. The third-order valence-corrected chi connectivity index (χ3v) is 9.31. The highest BCUT2D eigenvalue weighted by Gasteiger charge is 2.24. The molecule has 0 atom stereocenters. The molecule has 0 radical (unpaired) electrons. The van der Waals surface area contributed by atoms with Crippen molar-refractivity contribution < 1.29 is 20.4 Å². The monoisotopic (exact) mass is 678 g/mol. The number of nitrogens with one attached hydrogen (secondary N) is 2. The number of aromatic nitrogens is 2. The molecule has 0 unspecified atom stereocenters. The van der Waals surface area contributed by atoms with E-state index in [0.717, 1.165) is 66.5 Å². The number of aromatic amines is 2. The van der Waals surface area contributed by atoms with Gasteiger partial charge in [-0.15, -0.1) is 0 Å². The molecule has 0 aliphatic carbocycles. The minimum Gasteiger partial charge on any atom is -0.508 e. The van der Waals surface area contributed by atoms with E-state index in [1.165, 1.54) is 0 Å². The number of allylic oxidation sites excluding steroid dienone is 5. The fraction of sp³-hybridized carbons (Fsp3) is 0. The first kappa shape index (κ1) is 30.7. The van der Waals surface area contributed by atoms with Gasteiger partial charge in [0.15, 0.2) is 0 Å². The van der Waals surface area contributed by atoms with Gasteiger partial charge in [-0.1, -0.05) is 48.5 Å². The summed E-state index contributed by atoms with van der Waals surface area (Å²) in [5, 5.41) is 43.8. The quantitative estimate of drug-likeness (QED) is 0.122. The summed E-state index contributed by atoms with van der Waals surface area (Å²) in [5.74, 6) is 0.508. The molecule has 9 rings (SSSR count). The Morgan fingerprint density at radius 2 is 0.846 bits per heavy atom. The van der Waals surface area contributed by atoms with Crippen molar-refractivity contribution in [3.63, 3.8) is 0 Å². The molecule has 8 nitrogen and oxygen atoms in total. The molecule has 2 aromatic heterocycles. The predicted octanol–water partition coefficient (Wildman–Crippen LogP) is 6.82. The standard InChI is InChI=1S/C44H30N4O4/c49-30-9-1-5-25(19-30)41-29-23-40(45-24-29)44(28-8-4-12-33(52)22-28)39-18-17-38(48-39)43(27-7-3-11-32(51)21-27)37-16-15-36(47-37)42(35-14-13-34(41)46-35)26-6-2-10-31(50)20-26/h1-24,45-46,49-52H. The second-order valence-electron chi connectivity index (χ2n) is 12.7. The van der Waals surface area contributed by atoms with Crippen LogP contribution in [-0.4, -0.2) is 41.8 Å². The van der Waals surface area contributed by atoms with Gasteiger partial charge in [0.05, 0.1) is 22.8 Å². The van der Waals surface area contributed by atoms with Crippen molar-refractivity contribution in [2.45, 2.75) is 0 Å². The Morgan fingerprint density at radius 3 is 1.38 bits per heavy atom. The lowest BCUT2D eigenvalue weighted by Gasteiger charge is -2.11. The van der Waals surface area contributed by atoms with Crippen LogP contribution < -0.4 is 10.7 Å². The first-order valence-corrected chi connectivity index (χ1v) is 16.7. The van der Waals surface area contributed by atoms with Crippen LogP contribution in [0.25, 0.3) is 22.3 Å². The Bertz CT molecular complexity index is 2790. The van der Waals surface area contributed by atoms with Crippen molar-refractivity contribution in [2.75, 3.05) is 0 Å². The molecule has 3 aliphatic rings. The summed E-state index contributed by atoms with van der Waals surface area (Å²) in [5.41, 5.74) is 10.4. The number of phenolic OH excluding ortho intramolecular Hbond substituents is 4. The highest BCUT2D eigenvalue weighted by molar-refractivity contribution is 6.35. The smallest absolute Gasteiger partial charge is 0.116 e. The molecule has 6 aromatic rings. The van der Waals surface area contributed by atoms with E-state index in [2.05, 4.69) is 9.97 Å². The zero-order valence-corrected chi connectivity index (χ0v) is 27.5. The largest absolute Gasteiger partial charge is 0.508 e. The van der Waals surface area contributed by atoms with Gasteiger partial charge in [0.25, 0.3) is 0 Å². The number of benzene rings is 4. The molecule has 6 N–H and O–H groups in total. The van der Waals surface area contributed by atoms with Crippen molar-refractivity contribution in [3.05, 3.63) is 201 Å². The Morgan fingerprint density at radius 1 is 0.404 bits per heavy atom. The molecule has 0 fully saturated rings. The summed E-state index contributed by atoms with van der Waals surface area (Å²) in [4.78, 5) is 17.5. The molecular formula is C44H30N4O4. The van der Waals surface area contributed by atoms with E-state index < -0.39 is 0 Å². The van der Waals surface area contributed by atoms with Crippen LogP contribution in [0.2, 0.25) is 0 Å². The van der Waals surface area contributed by atoms with Crippen LogP contribution >= 0.6 is 0 Å². The van der Waals surface area contributed by atoms with Gasteiger partial charge in [0, 0.05) is 50.4 Å². The fourth-order valence-electron chi connectivity index (χ4n) is 7.08. The Kier molecular flexibility index (Phi) is 7.22. The van der Waals surface area contributed by atoms with Crippen LogP contribution in [-0.2, 0) is 0 Å². The van der Waals surface area contributed by atoms with E-state index in [-0.39, 0.29) is 23.0 Å². The van der Waals surface area contributed by atoms with E-state index in [1.807, 2.05) is 79.0 Å². The molecule has 4 aromatic carbocycles. The molecule has 8 bridgehead atoms. The number of H-pyrrole nitrogens is 2. The second kappa shape index (κ2) is 12.2. The summed E-state index contributed by atoms with van der Waals surface area (Å²) < 4.78 is 0. The molecule has 0 spiro atoms. The van der Waals surface area contributed by atoms with E-state index in [0.29, 0.717) is 22.8 Å². The minimum atomic E-state index is 0.117. The topological polar surface area (TPSA) is 137 Å². The van der Waals surface area contributed by atoms with Gasteiger partial charge < -0.3 is 30.4 Å². The predicted molar refractivity (Wildman–Crippen MR) is 203 cm³/mol. The SMILES string of the molecule is Oc1cccc(C2=C3C=CC(=N3)C(c3cccc(O)c3)=c3ccc([nH]3)=C(c3cccc(O)c3)c3c[nH]c(c3)C(c3cccc(O)c3)=C3C=CC2=N3)c1. The van der Waals surface area contributed by atoms with Crippen LogP contribution in [0, 0.1) is 0 Å². The number of fused-ring (bicyclic) bond motifs is 6. The fourth-order valence-corrected chi connectivity index (χ4v) is 7.08. The van der Waals surface area contributed by atoms with E-state index in [1.54, 1.807) is 66.7 Å². The summed E-state index contributed by atoms with van der Waals surface area (Å²) in [6, 6.07) is 34.4. The molecular weight excluding hydrogens is 649 g/mol. The maximum Gasteiger partial charge on any atom is 0.116 e. The van der Waals surface area contributed by atoms with Crippen molar-refractivity contribution in [1.29, 1.82) is 0 Å². The number of hydrogen-bond acceptors (Lipinski definition) is 6. The zero-order valence-electron chi connectivity index (χ0n) is 27.5. The highest BCUT2D eigenvalue weighted by Crippen LogP contribution is 2.37. The van der Waals surface area contributed by atoms with Crippen LogP contribution in [0.4, 0.5) is 0 Å². The minimum absolute atomic E-state index is 0.117. The second-order valence-corrected chi connectivity index (χ2v) is 12.7. The molecule has 0 saturated carbocycles. The van der Waals surface area contributed by atoms with E-state index in [4.69, 9.17) is 9.98 Å². The number of aliphatic imine (C=N–C) groups is 2. The van der Waals surface area contributed by atoms with Gasteiger partial charge in [0.1, 0.15) is 23.0 Å². The summed E-state index contributed by atoms with van der Waals surface area (Å²) in [6.45, 7) is 0. The number of nitrogens with zero attached hydrogens (tertiary/aromatic N) is 2. The van der Waals surface area contributed by atoms with Crippen LogP contribution in [0.15, 0.2) is 167 Å². The molecule has 5 heterocycles. The summed E-state index contributed by atoms with van der Waals surface area (Å²) in [7, 11) is 0. The van der Waals surface area contributed by atoms with Crippen molar-refractivity contribution in [3.8, 4) is 23.0 Å². The molecule has 0 saturated heterocycles. The summed E-state index contributed by atoms with van der Waals surface area (Å²) in [6.07, 6.45) is 9.70. The Hall–Kier alpha value is -7.32. The van der Waals surface area contributed by atoms with Crippen molar-refractivity contribution in [1.82, 2.24) is 9.97 Å². The Balaban J connectivity index is 1.42. The van der Waals surface area contributed by atoms with E-state index in [9.17, 15) is 20.4 Å². The molecule has 250 valence electrons. The van der Waals surface area contributed by atoms with Gasteiger partial charge in [0.2, 0.25) is 0 Å². The zero-order chi connectivity index (χ0) is 35.3. The van der Waals surface area contributed by atoms with Gasteiger partial charge in [-0.05, 0) is 113 Å². The van der Waals surface area contributed by atoms with Gasteiger partial charge in [-0.25, -0.2) is 9.98 Å². The molecule has 52 heavy (non-hydrogen) atoms. The first-order chi connectivity index (χ1) is 25.4. The summed E-state index contributed by atoms with van der Waals surface area (Å²) >= 11 is 0. The van der Waals surface area contributed by atoms with Gasteiger partial charge in [-0.3, -0.25) is 0 Å². The number of aromatic hydroxyl groups is 4. The third-order valence-electron chi connectivity index (χ3n) is 9.31. The Labute approximate surface area is 297 Å². The lowest BCUT2D eigenvalue weighted by molar-refractivity contribution is 0.474. The average Bonchev–Trinajstić information content (AvgIpc) is 3.96. The third kappa shape index (κ3) is 5.45. The number of hydrogen-bond donors (Lipinski definition) is 6.